The van der Waals surface area contributed by atoms with Gasteiger partial charge in [-0.1, -0.05) is 25.4 Å². The molecule has 1 aromatic rings. The SMILES string of the molecule is CNc1ccc(Cl)c(CN2C(=O)CC(C)(C)C2=O)n1. The van der Waals surface area contributed by atoms with Crippen LogP contribution in [0.15, 0.2) is 12.1 Å². The van der Waals surface area contributed by atoms with E-state index in [1.54, 1.807) is 33.0 Å². The van der Waals surface area contributed by atoms with Gasteiger partial charge in [0.15, 0.2) is 0 Å². The zero-order valence-corrected chi connectivity index (χ0v) is 11.9. The minimum atomic E-state index is -0.635. The van der Waals surface area contributed by atoms with Crippen molar-refractivity contribution in [2.24, 2.45) is 5.41 Å². The lowest BCUT2D eigenvalue weighted by Gasteiger charge is -2.18. The van der Waals surface area contributed by atoms with E-state index in [0.717, 1.165) is 0 Å². The Balaban J connectivity index is 2.27. The Bertz CT molecular complexity index is 543. The van der Waals surface area contributed by atoms with Crippen molar-refractivity contribution in [2.45, 2.75) is 26.8 Å². The smallest absolute Gasteiger partial charge is 0.235 e. The molecular weight excluding hydrogens is 266 g/mol. The van der Waals surface area contributed by atoms with Crippen LogP contribution in [-0.4, -0.2) is 28.7 Å². The van der Waals surface area contributed by atoms with E-state index >= 15 is 0 Å². The van der Waals surface area contributed by atoms with E-state index < -0.39 is 5.41 Å². The second-order valence-corrected chi connectivity index (χ2v) is 5.63. The lowest BCUT2D eigenvalue weighted by Crippen LogP contribution is -2.33. The Morgan fingerprint density at radius 2 is 2.11 bits per heavy atom. The van der Waals surface area contributed by atoms with Crippen LogP contribution in [0, 0.1) is 5.41 Å². The quantitative estimate of drug-likeness (QED) is 0.862. The number of nitrogens with one attached hydrogen (secondary N) is 1. The van der Waals surface area contributed by atoms with Gasteiger partial charge >= 0.3 is 0 Å². The number of halogens is 1. The van der Waals surface area contributed by atoms with Crippen molar-refractivity contribution >= 4 is 29.2 Å². The van der Waals surface area contributed by atoms with Crippen LogP contribution in [0.4, 0.5) is 5.82 Å². The highest BCUT2D eigenvalue weighted by atomic mass is 35.5. The Kier molecular flexibility index (Phi) is 3.49. The number of pyridine rings is 1. The van der Waals surface area contributed by atoms with E-state index in [1.165, 1.54) is 4.90 Å². The molecule has 1 aliphatic heterocycles. The third-order valence-electron chi connectivity index (χ3n) is 3.20. The predicted molar refractivity (Wildman–Crippen MR) is 72.7 cm³/mol. The molecule has 102 valence electrons. The summed E-state index contributed by atoms with van der Waals surface area (Å²) in [5.74, 6) is 0.297. The Morgan fingerprint density at radius 3 is 2.63 bits per heavy atom. The molecule has 0 aromatic carbocycles. The predicted octanol–water partition coefficient (Wildman–Crippen LogP) is 2.06. The fraction of sp³-hybridized carbons (Fsp3) is 0.462. The van der Waals surface area contributed by atoms with Gasteiger partial charge in [-0.3, -0.25) is 14.5 Å². The monoisotopic (exact) mass is 281 g/mol. The van der Waals surface area contributed by atoms with Crippen molar-refractivity contribution in [3.8, 4) is 0 Å². The summed E-state index contributed by atoms with van der Waals surface area (Å²) in [6.07, 6.45) is 0.231. The molecule has 1 aromatic heterocycles. The molecule has 0 unspecified atom stereocenters. The first-order valence-electron chi connectivity index (χ1n) is 6.03. The molecular formula is C13H16ClN3O2. The number of carbonyl (C=O) groups is 2. The first-order valence-corrected chi connectivity index (χ1v) is 6.41. The molecule has 19 heavy (non-hydrogen) atoms. The van der Waals surface area contributed by atoms with Gasteiger partial charge in [0, 0.05) is 13.5 Å². The minimum Gasteiger partial charge on any atom is -0.373 e. The van der Waals surface area contributed by atoms with E-state index in [4.69, 9.17) is 11.6 Å². The maximum Gasteiger partial charge on any atom is 0.235 e. The van der Waals surface area contributed by atoms with Crippen molar-refractivity contribution in [1.29, 1.82) is 0 Å². The lowest BCUT2D eigenvalue weighted by atomic mass is 9.92. The van der Waals surface area contributed by atoms with Crippen LogP contribution >= 0.6 is 11.6 Å². The number of anilines is 1. The molecule has 0 saturated carbocycles. The van der Waals surface area contributed by atoms with Crippen LogP contribution in [0.1, 0.15) is 26.0 Å². The Hall–Kier alpha value is -1.62. The number of imide groups is 1. The van der Waals surface area contributed by atoms with E-state index in [-0.39, 0.29) is 24.8 Å². The topological polar surface area (TPSA) is 62.3 Å². The normalized spacial score (nSPS) is 18.0. The minimum absolute atomic E-state index is 0.120. The molecule has 2 amide bonds. The third-order valence-corrected chi connectivity index (χ3v) is 3.55. The summed E-state index contributed by atoms with van der Waals surface area (Å²) in [6.45, 7) is 3.66. The summed E-state index contributed by atoms with van der Waals surface area (Å²) in [5.41, 5.74) is -0.114. The van der Waals surface area contributed by atoms with Crippen molar-refractivity contribution in [3.63, 3.8) is 0 Å². The summed E-state index contributed by atoms with van der Waals surface area (Å²) in [5, 5.41) is 3.35. The number of carbonyl (C=O) groups excluding carboxylic acids is 2. The molecule has 2 heterocycles. The summed E-state index contributed by atoms with van der Waals surface area (Å²) in [4.78, 5) is 29.5. The number of nitrogens with zero attached hydrogens (tertiary/aromatic N) is 2. The molecule has 2 rings (SSSR count). The first kappa shape index (κ1) is 13.8. The molecule has 6 heteroatoms. The van der Waals surface area contributed by atoms with Crippen LogP contribution in [0.5, 0.6) is 0 Å². The molecule has 0 aliphatic carbocycles. The van der Waals surface area contributed by atoms with E-state index in [0.29, 0.717) is 16.5 Å². The number of hydrogen-bond acceptors (Lipinski definition) is 4. The van der Waals surface area contributed by atoms with E-state index in [2.05, 4.69) is 10.3 Å². The molecule has 1 aliphatic rings. The fourth-order valence-electron chi connectivity index (χ4n) is 2.07. The molecule has 0 atom stereocenters. The van der Waals surface area contributed by atoms with Crippen molar-refractivity contribution < 1.29 is 9.59 Å². The maximum absolute atomic E-state index is 12.1. The summed E-state index contributed by atoms with van der Waals surface area (Å²) in [6, 6.07) is 3.44. The zero-order valence-electron chi connectivity index (χ0n) is 11.2. The van der Waals surface area contributed by atoms with Gasteiger partial charge < -0.3 is 5.32 Å². The standard InChI is InChI=1S/C13H16ClN3O2/c1-13(2)6-11(18)17(12(13)19)7-9-8(14)4-5-10(15-3)16-9/h4-5H,6-7H2,1-3H3,(H,15,16). The van der Waals surface area contributed by atoms with Crippen LogP contribution in [0.3, 0.4) is 0 Å². The Labute approximate surface area is 117 Å². The van der Waals surface area contributed by atoms with Gasteiger partial charge in [0.2, 0.25) is 11.8 Å². The van der Waals surface area contributed by atoms with Gasteiger partial charge in [-0.2, -0.15) is 0 Å². The third kappa shape index (κ3) is 2.56. The van der Waals surface area contributed by atoms with Crippen LogP contribution in [0.2, 0.25) is 5.02 Å². The molecule has 1 saturated heterocycles. The van der Waals surface area contributed by atoms with Crippen LogP contribution in [-0.2, 0) is 16.1 Å². The second-order valence-electron chi connectivity index (χ2n) is 5.22. The van der Waals surface area contributed by atoms with Gasteiger partial charge in [0.05, 0.1) is 22.7 Å². The van der Waals surface area contributed by atoms with Crippen molar-refractivity contribution in [1.82, 2.24) is 9.88 Å². The van der Waals surface area contributed by atoms with E-state index in [1.807, 2.05) is 0 Å². The molecule has 1 N–H and O–H groups in total. The maximum atomic E-state index is 12.1. The van der Waals surface area contributed by atoms with Gasteiger partial charge in [-0.15, -0.1) is 0 Å². The largest absolute Gasteiger partial charge is 0.373 e. The molecule has 5 nitrogen and oxygen atoms in total. The first-order chi connectivity index (χ1) is 8.85. The highest BCUT2D eigenvalue weighted by Gasteiger charge is 2.44. The number of aromatic nitrogens is 1. The van der Waals surface area contributed by atoms with Crippen molar-refractivity contribution in [3.05, 3.63) is 22.8 Å². The van der Waals surface area contributed by atoms with Gasteiger partial charge in [0.1, 0.15) is 5.82 Å². The average Bonchev–Trinajstić information content (AvgIpc) is 2.54. The molecule has 1 fully saturated rings. The second kappa shape index (κ2) is 4.81. The molecule has 0 radical (unpaired) electrons. The highest BCUT2D eigenvalue weighted by molar-refractivity contribution is 6.31. The number of hydrogen-bond donors (Lipinski definition) is 1. The number of rotatable bonds is 3. The zero-order chi connectivity index (χ0) is 14.2. The summed E-state index contributed by atoms with van der Waals surface area (Å²) < 4.78 is 0. The number of likely N-dealkylation sites (tertiary alicyclic amines) is 1. The fourth-order valence-corrected chi connectivity index (χ4v) is 2.24. The van der Waals surface area contributed by atoms with Crippen LogP contribution < -0.4 is 5.32 Å². The summed E-state index contributed by atoms with van der Waals surface area (Å²) in [7, 11) is 1.75. The molecule has 0 bridgehead atoms. The average molecular weight is 282 g/mol. The van der Waals surface area contributed by atoms with Gasteiger partial charge in [-0.25, -0.2) is 4.98 Å². The van der Waals surface area contributed by atoms with Crippen LogP contribution in [0.25, 0.3) is 0 Å². The van der Waals surface area contributed by atoms with Gasteiger partial charge in [-0.05, 0) is 12.1 Å². The van der Waals surface area contributed by atoms with E-state index in [9.17, 15) is 9.59 Å². The highest BCUT2D eigenvalue weighted by Crippen LogP contribution is 2.33. The molecule has 0 spiro atoms. The number of amides is 2. The van der Waals surface area contributed by atoms with Crippen molar-refractivity contribution in [2.75, 3.05) is 12.4 Å². The van der Waals surface area contributed by atoms with Gasteiger partial charge in [0.25, 0.3) is 0 Å². The summed E-state index contributed by atoms with van der Waals surface area (Å²) >= 11 is 6.06. The Morgan fingerprint density at radius 1 is 1.42 bits per heavy atom. The lowest BCUT2D eigenvalue weighted by molar-refractivity contribution is -0.141.